The van der Waals surface area contributed by atoms with Crippen LogP contribution in [0.15, 0.2) is 24.3 Å². The summed E-state index contributed by atoms with van der Waals surface area (Å²) >= 11 is 5.47. The maximum Gasteiger partial charge on any atom is 0.169 e. The minimum Gasteiger partial charge on any atom is -0.370 e. The van der Waals surface area contributed by atoms with Crippen molar-refractivity contribution in [1.82, 2.24) is 10.2 Å². The highest BCUT2D eigenvalue weighted by Crippen LogP contribution is 2.07. The lowest BCUT2D eigenvalue weighted by molar-refractivity contribution is -0.906. The highest BCUT2D eigenvalue weighted by atomic mass is 32.1. The maximum absolute atomic E-state index is 5.47. The highest BCUT2D eigenvalue weighted by Gasteiger charge is 2.13. The second kappa shape index (κ2) is 9.08. The van der Waals surface area contributed by atoms with Crippen LogP contribution in [0.1, 0.15) is 18.1 Å². The average Bonchev–Trinajstić information content (AvgIpc) is 2.56. The molecule has 0 aromatic heterocycles. The summed E-state index contributed by atoms with van der Waals surface area (Å²) in [6.07, 6.45) is 1.08. The topological polar surface area (TPSA) is 28.9 Å². The summed E-state index contributed by atoms with van der Waals surface area (Å²) in [4.78, 5) is 3.70. The molecule has 4 nitrogen and oxygen atoms in total. The summed E-state index contributed by atoms with van der Waals surface area (Å²) in [5.74, 6) is 0. The number of rotatable bonds is 6. The third-order valence-corrected chi connectivity index (χ3v) is 4.61. The lowest BCUT2D eigenvalue weighted by Gasteiger charge is -2.25. The molecule has 2 rings (SSSR count). The van der Waals surface area contributed by atoms with Crippen LogP contribution in [-0.2, 0) is 17.7 Å². The fourth-order valence-electron chi connectivity index (χ4n) is 2.62. The SMILES string of the molecule is CCc1ccc(CN(C)C(=S)NCC[NH+]2CCOCC2)cc1. The summed E-state index contributed by atoms with van der Waals surface area (Å²) < 4.78 is 5.37. The van der Waals surface area contributed by atoms with Crippen LogP contribution >= 0.6 is 12.2 Å². The number of hydrogen-bond acceptors (Lipinski definition) is 2. The van der Waals surface area contributed by atoms with Gasteiger partial charge in [0.2, 0.25) is 0 Å². The normalized spacial score (nSPS) is 15.5. The van der Waals surface area contributed by atoms with Crippen LogP contribution in [0.2, 0.25) is 0 Å². The minimum atomic E-state index is 0.826. The molecule has 1 fully saturated rings. The van der Waals surface area contributed by atoms with Crippen LogP contribution in [0, 0.1) is 0 Å². The number of thiocarbonyl (C=S) groups is 1. The fraction of sp³-hybridized carbons (Fsp3) is 0.588. The molecule has 122 valence electrons. The van der Waals surface area contributed by atoms with E-state index < -0.39 is 0 Å². The van der Waals surface area contributed by atoms with Crippen LogP contribution in [-0.4, -0.2) is 56.5 Å². The van der Waals surface area contributed by atoms with Crippen LogP contribution in [0.4, 0.5) is 0 Å². The molecule has 5 heteroatoms. The lowest BCUT2D eigenvalue weighted by Crippen LogP contribution is -3.14. The van der Waals surface area contributed by atoms with Gasteiger partial charge in [0, 0.05) is 13.6 Å². The molecule has 1 saturated heterocycles. The van der Waals surface area contributed by atoms with Crippen molar-refractivity contribution in [3.05, 3.63) is 35.4 Å². The molecule has 1 aromatic carbocycles. The highest BCUT2D eigenvalue weighted by molar-refractivity contribution is 7.80. The summed E-state index contributed by atoms with van der Waals surface area (Å²) in [6, 6.07) is 8.77. The quantitative estimate of drug-likeness (QED) is 0.745. The number of nitrogens with zero attached hydrogens (tertiary/aromatic N) is 1. The van der Waals surface area contributed by atoms with E-state index >= 15 is 0 Å². The van der Waals surface area contributed by atoms with Gasteiger partial charge in [-0.1, -0.05) is 31.2 Å². The van der Waals surface area contributed by atoms with E-state index in [2.05, 4.69) is 41.4 Å². The van der Waals surface area contributed by atoms with Gasteiger partial charge in [-0.15, -0.1) is 0 Å². The largest absolute Gasteiger partial charge is 0.370 e. The number of aryl methyl sites for hydroxylation is 1. The number of hydrogen-bond donors (Lipinski definition) is 2. The first-order chi connectivity index (χ1) is 10.7. The lowest BCUT2D eigenvalue weighted by atomic mass is 10.1. The second-order valence-electron chi connectivity index (χ2n) is 5.87. The van der Waals surface area contributed by atoms with Gasteiger partial charge in [-0.3, -0.25) is 0 Å². The third kappa shape index (κ3) is 5.55. The van der Waals surface area contributed by atoms with Crippen LogP contribution < -0.4 is 10.2 Å². The van der Waals surface area contributed by atoms with E-state index in [4.69, 9.17) is 17.0 Å². The summed E-state index contributed by atoms with van der Waals surface area (Å²) in [6.45, 7) is 9.02. The van der Waals surface area contributed by atoms with Gasteiger partial charge in [0.15, 0.2) is 5.11 Å². The van der Waals surface area contributed by atoms with Gasteiger partial charge >= 0.3 is 0 Å². The van der Waals surface area contributed by atoms with Crippen molar-refractivity contribution in [2.45, 2.75) is 19.9 Å². The molecule has 1 heterocycles. The molecule has 0 radical (unpaired) electrons. The zero-order valence-corrected chi connectivity index (χ0v) is 14.5. The molecule has 0 unspecified atom stereocenters. The molecule has 0 spiro atoms. The smallest absolute Gasteiger partial charge is 0.169 e. The Balaban J connectivity index is 1.69. The first-order valence-electron chi connectivity index (χ1n) is 8.17. The van der Waals surface area contributed by atoms with Crippen LogP contribution in [0.3, 0.4) is 0 Å². The zero-order valence-electron chi connectivity index (χ0n) is 13.7. The van der Waals surface area contributed by atoms with E-state index in [0.717, 1.165) is 57.5 Å². The predicted octanol–water partition coefficient (Wildman–Crippen LogP) is 0.470. The summed E-state index contributed by atoms with van der Waals surface area (Å²) in [5.41, 5.74) is 2.67. The minimum absolute atomic E-state index is 0.826. The maximum atomic E-state index is 5.47. The molecule has 0 amide bonds. The van der Waals surface area contributed by atoms with E-state index in [-0.39, 0.29) is 0 Å². The third-order valence-electron chi connectivity index (χ3n) is 4.15. The Bertz CT molecular complexity index is 457. The summed E-state index contributed by atoms with van der Waals surface area (Å²) in [5, 5.41) is 4.19. The first-order valence-corrected chi connectivity index (χ1v) is 8.58. The van der Waals surface area contributed by atoms with Gasteiger partial charge < -0.3 is 19.9 Å². The Hall–Kier alpha value is -1.17. The molecule has 0 atom stereocenters. The van der Waals surface area contributed by atoms with E-state index in [1.165, 1.54) is 11.1 Å². The van der Waals surface area contributed by atoms with Crippen molar-refractivity contribution in [3.63, 3.8) is 0 Å². The number of quaternary nitrogens is 1. The molecular weight excluding hydrogens is 294 g/mol. The monoisotopic (exact) mass is 322 g/mol. The van der Waals surface area contributed by atoms with Crippen molar-refractivity contribution in [3.8, 4) is 0 Å². The molecule has 0 saturated carbocycles. The number of nitrogens with one attached hydrogen (secondary N) is 2. The number of benzene rings is 1. The van der Waals surface area contributed by atoms with Gasteiger partial charge in [-0.05, 0) is 29.8 Å². The Morgan fingerprint density at radius 1 is 1.23 bits per heavy atom. The van der Waals surface area contributed by atoms with Crippen molar-refractivity contribution < 1.29 is 9.64 Å². The van der Waals surface area contributed by atoms with Crippen LogP contribution in [0.5, 0.6) is 0 Å². The van der Waals surface area contributed by atoms with E-state index in [9.17, 15) is 0 Å². The molecule has 2 N–H and O–H groups in total. The fourth-order valence-corrected chi connectivity index (χ4v) is 2.78. The summed E-state index contributed by atoms with van der Waals surface area (Å²) in [7, 11) is 2.05. The molecule has 22 heavy (non-hydrogen) atoms. The van der Waals surface area contributed by atoms with Crippen molar-refractivity contribution in [2.24, 2.45) is 0 Å². The first kappa shape index (κ1) is 17.2. The number of ether oxygens (including phenoxy) is 1. The van der Waals surface area contributed by atoms with E-state index in [1.54, 1.807) is 4.90 Å². The van der Waals surface area contributed by atoms with Crippen molar-refractivity contribution in [1.29, 1.82) is 0 Å². The van der Waals surface area contributed by atoms with Gasteiger partial charge in [0.1, 0.15) is 13.1 Å². The Morgan fingerprint density at radius 2 is 1.86 bits per heavy atom. The molecule has 1 aromatic rings. The molecule has 0 bridgehead atoms. The van der Waals surface area contributed by atoms with Crippen LogP contribution in [0.25, 0.3) is 0 Å². The van der Waals surface area contributed by atoms with E-state index in [0.29, 0.717) is 0 Å². The molecular formula is C17H28N3OS+. The Labute approximate surface area is 139 Å². The van der Waals surface area contributed by atoms with Gasteiger partial charge in [0.05, 0.1) is 26.3 Å². The molecule has 1 aliphatic rings. The molecule has 1 aliphatic heterocycles. The van der Waals surface area contributed by atoms with E-state index in [1.807, 2.05) is 7.05 Å². The van der Waals surface area contributed by atoms with Gasteiger partial charge in [-0.25, -0.2) is 0 Å². The standard InChI is InChI=1S/C17H27N3OS/c1-3-15-4-6-16(7-5-15)14-19(2)17(22)18-8-9-20-10-12-21-13-11-20/h4-7H,3,8-14H2,1-2H3,(H,18,22)/p+1. The Morgan fingerprint density at radius 3 is 2.50 bits per heavy atom. The second-order valence-corrected chi connectivity index (χ2v) is 6.26. The predicted molar refractivity (Wildman–Crippen MR) is 94.3 cm³/mol. The average molecular weight is 322 g/mol. The Kier molecular flexibility index (Phi) is 7.09. The van der Waals surface area contributed by atoms with Crippen molar-refractivity contribution in [2.75, 3.05) is 46.4 Å². The molecule has 0 aliphatic carbocycles. The van der Waals surface area contributed by atoms with Crippen molar-refractivity contribution >= 4 is 17.3 Å². The number of morpholine rings is 1. The van der Waals surface area contributed by atoms with Gasteiger partial charge in [0.25, 0.3) is 0 Å². The zero-order chi connectivity index (χ0) is 15.8. The van der Waals surface area contributed by atoms with Gasteiger partial charge in [-0.2, -0.15) is 0 Å².